The van der Waals surface area contributed by atoms with Gasteiger partial charge in [-0.25, -0.2) is 8.42 Å². The Kier molecular flexibility index (Phi) is 8.02. The van der Waals surface area contributed by atoms with Crippen LogP contribution in [0.15, 0.2) is 0 Å². The number of hydrogen-bond acceptors (Lipinski definition) is 3. The van der Waals surface area contributed by atoms with Crippen LogP contribution in [0.5, 0.6) is 0 Å². The minimum atomic E-state index is -2.80. The van der Waals surface area contributed by atoms with Gasteiger partial charge in [-0.2, -0.15) is 0 Å². The summed E-state index contributed by atoms with van der Waals surface area (Å²) in [7, 11) is -2.80. The van der Waals surface area contributed by atoms with Gasteiger partial charge >= 0.3 is 0 Å². The van der Waals surface area contributed by atoms with Crippen LogP contribution in [0, 0.1) is 11.8 Å². The lowest BCUT2D eigenvalue weighted by Crippen LogP contribution is -2.26. The first-order chi connectivity index (χ1) is 7.37. The van der Waals surface area contributed by atoms with E-state index in [1.54, 1.807) is 0 Å². The Hall–Kier alpha value is -0.0900. The molecular formula is C12H27NO2S. The normalized spacial score (nSPS) is 14.3. The van der Waals surface area contributed by atoms with Crippen LogP contribution in [-0.2, 0) is 9.84 Å². The molecule has 16 heavy (non-hydrogen) atoms. The average molecular weight is 249 g/mol. The molecule has 0 bridgehead atoms. The van der Waals surface area contributed by atoms with E-state index in [0.29, 0.717) is 23.3 Å². The quantitative estimate of drug-likeness (QED) is 0.680. The van der Waals surface area contributed by atoms with Crippen molar-refractivity contribution < 1.29 is 8.42 Å². The van der Waals surface area contributed by atoms with E-state index in [0.717, 1.165) is 25.9 Å². The number of hydrogen-bond donors (Lipinski definition) is 1. The molecule has 0 rings (SSSR count). The molecule has 0 aliphatic carbocycles. The fourth-order valence-corrected chi connectivity index (χ4v) is 3.10. The molecule has 0 heterocycles. The first-order valence-electron chi connectivity index (χ1n) is 6.28. The Balaban J connectivity index is 3.68. The molecule has 0 amide bonds. The number of rotatable bonds is 9. The molecule has 0 aliphatic heterocycles. The summed E-state index contributed by atoms with van der Waals surface area (Å²) in [6.45, 7) is 10.3. The van der Waals surface area contributed by atoms with Crippen LogP contribution in [0.1, 0.15) is 40.5 Å². The largest absolute Gasteiger partial charge is 0.316 e. The summed E-state index contributed by atoms with van der Waals surface area (Å²) in [4.78, 5) is 0. The SMILES string of the molecule is CCCS(=O)(=O)CCC(C)CNCC(C)C. The van der Waals surface area contributed by atoms with Crippen molar-refractivity contribution in [2.75, 3.05) is 24.6 Å². The number of sulfone groups is 1. The zero-order chi connectivity index (χ0) is 12.6. The summed E-state index contributed by atoms with van der Waals surface area (Å²) in [5.41, 5.74) is 0. The summed E-state index contributed by atoms with van der Waals surface area (Å²) in [6.07, 6.45) is 1.50. The third-order valence-corrected chi connectivity index (χ3v) is 4.37. The van der Waals surface area contributed by atoms with Gasteiger partial charge in [0.15, 0.2) is 0 Å². The van der Waals surface area contributed by atoms with E-state index >= 15 is 0 Å². The van der Waals surface area contributed by atoms with Gasteiger partial charge in [0.05, 0.1) is 5.75 Å². The second kappa shape index (κ2) is 8.07. The van der Waals surface area contributed by atoms with Crippen molar-refractivity contribution in [2.45, 2.75) is 40.5 Å². The van der Waals surface area contributed by atoms with E-state index in [9.17, 15) is 8.42 Å². The van der Waals surface area contributed by atoms with Crippen molar-refractivity contribution in [3.63, 3.8) is 0 Å². The zero-order valence-corrected chi connectivity index (χ0v) is 11.9. The highest BCUT2D eigenvalue weighted by atomic mass is 32.2. The maximum absolute atomic E-state index is 11.5. The van der Waals surface area contributed by atoms with Crippen LogP contribution in [0.25, 0.3) is 0 Å². The van der Waals surface area contributed by atoms with Gasteiger partial charge in [-0.05, 0) is 37.8 Å². The lowest BCUT2D eigenvalue weighted by atomic mass is 10.1. The highest BCUT2D eigenvalue weighted by Crippen LogP contribution is 2.05. The van der Waals surface area contributed by atoms with Crippen LogP contribution in [-0.4, -0.2) is 33.0 Å². The standard InChI is InChI=1S/C12H27NO2S/c1-5-7-16(14,15)8-6-12(4)10-13-9-11(2)3/h11-13H,5-10H2,1-4H3. The van der Waals surface area contributed by atoms with Crippen molar-refractivity contribution in [1.82, 2.24) is 5.32 Å². The van der Waals surface area contributed by atoms with Gasteiger partial charge in [-0.15, -0.1) is 0 Å². The van der Waals surface area contributed by atoms with E-state index in [4.69, 9.17) is 0 Å². The molecule has 1 unspecified atom stereocenters. The fraction of sp³-hybridized carbons (Fsp3) is 1.00. The summed E-state index contributed by atoms with van der Waals surface area (Å²) < 4.78 is 23.0. The summed E-state index contributed by atoms with van der Waals surface area (Å²) in [6, 6.07) is 0. The Morgan fingerprint density at radius 2 is 1.69 bits per heavy atom. The highest BCUT2D eigenvalue weighted by molar-refractivity contribution is 7.91. The van der Waals surface area contributed by atoms with Crippen LogP contribution < -0.4 is 5.32 Å². The third kappa shape index (κ3) is 9.16. The predicted molar refractivity (Wildman–Crippen MR) is 70.4 cm³/mol. The lowest BCUT2D eigenvalue weighted by molar-refractivity contribution is 0.465. The molecule has 0 fully saturated rings. The van der Waals surface area contributed by atoms with Gasteiger partial charge in [0.25, 0.3) is 0 Å². The van der Waals surface area contributed by atoms with Gasteiger partial charge in [-0.1, -0.05) is 27.7 Å². The Morgan fingerprint density at radius 1 is 1.06 bits per heavy atom. The minimum Gasteiger partial charge on any atom is -0.316 e. The molecule has 4 heteroatoms. The number of nitrogens with one attached hydrogen (secondary N) is 1. The molecule has 0 saturated carbocycles. The first-order valence-corrected chi connectivity index (χ1v) is 8.10. The molecular weight excluding hydrogens is 222 g/mol. The van der Waals surface area contributed by atoms with E-state index in [1.165, 1.54) is 0 Å². The molecule has 0 radical (unpaired) electrons. The minimum absolute atomic E-state index is 0.332. The average Bonchev–Trinajstić information content (AvgIpc) is 2.14. The Morgan fingerprint density at radius 3 is 2.19 bits per heavy atom. The molecule has 0 aromatic heterocycles. The first kappa shape index (κ1) is 15.9. The highest BCUT2D eigenvalue weighted by Gasteiger charge is 2.11. The second-order valence-electron chi connectivity index (χ2n) is 5.10. The van der Waals surface area contributed by atoms with Gasteiger partial charge in [-0.3, -0.25) is 0 Å². The van der Waals surface area contributed by atoms with E-state index in [-0.39, 0.29) is 0 Å². The molecule has 1 N–H and O–H groups in total. The van der Waals surface area contributed by atoms with Crippen molar-refractivity contribution in [3.05, 3.63) is 0 Å². The van der Waals surface area contributed by atoms with Gasteiger partial charge < -0.3 is 5.32 Å². The lowest BCUT2D eigenvalue weighted by Gasteiger charge is -2.13. The maximum Gasteiger partial charge on any atom is 0.150 e. The maximum atomic E-state index is 11.5. The van der Waals surface area contributed by atoms with Crippen LogP contribution in [0.3, 0.4) is 0 Å². The van der Waals surface area contributed by atoms with Crippen LogP contribution in [0.4, 0.5) is 0 Å². The topological polar surface area (TPSA) is 46.2 Å². The smallest absolute Gasteiger partial charge is 0.150 e. The van der Waals surface area contributed by atoms with Crippen molar-refractivity contribution in [3.8, 4) is 0 Å². The molecule has 1 atom stereocenters. The second-order valence-corrected chi connectivity index (χ2v) is 7.40. The van der Waals surface area contributed by atoms with E-state index < -0.39 is 9.84 Å². The third-order valence-electron chi connectivity index (χ3n) is 2.48. The van der Waals surface area contributed by atoms with E-state index in [1.807, 2.05) is 6.92 Å². The molecule has 0 aromatic carbocycles. The van der Waals surface area contributed by atoms with Crippen LogP contribution >= 0.6 is 0 Å². The Bertz CT molecular complexity index is 260. The van der Waals surface area contributed by atoms with Gasteiger partial charge in [0, 0.05) is 5.75 Å². The molecule has 98 valence electrons. The predicted octanol–water partition coefficient (Wildman–Crippen LogP) is 2.08. The van der Waals surface area contributed by atoms with Crippen LogP contribution in [0.2, 0.25) is 0 Å². The summed E-state index contributed by atoms with van der Waals surface area (Å²) in [5, 5.41) is 3.36. The van der Waals surface area contributed by atoms with Crippen molar-refractivity contribution in [1.29, 1.82) is 0 Å². The monoisotopic (exact) mass is 249 g/mol. The molecule has 0 saturated heterocycles. The molecule has 0 aromatic rings. The molecule has 0 aliphatic rings. The summed E-state index contributed by atoms with van der Waals surface area (Å²) >= 11 is 0. The van der Waals surface area contributed by atoms with Crippen molar-refractivity contribution >= 4 is 9.84 Å². The molecule has 3 nitrogen and oxygen atoms in total. The van der Waals surface area contributed by atoms with Gasteiger partial charge in [0.2, 0.25) is 0 Å². The Labute approximate surface area is 101 Å². The zero-order valence-electron chi connectivity index (χ0n) is 11.1. The van der Waals surface area contributed by atoms with Crippen molar-refractivity contribution in [2.24, 2.45) is 11.8 Å². The molecule has 0 spiro atoms. The fourth-order valence-electron chi connectivity index (χ4n) is 1.51. The summed E-state index contributed by atoms with van der Waals surface area (Å²) in [5.74, 6) is 1.76. The van der Waals surface area contributed by atoms with E-state index in [2.05, 4.69) is 26.1 Å². The van der Waals surface area contributed by atoms with Gasteiger partial charge in [0.1, 0.15) is 9.84 Å².